The summed E-state index contributed by atoms with van der Waals surface area (Å²) >= 11 is 5.70. The van der Waals surface area contributed by atoms with Crippen LogP contribution in [0.3, 0.4) is 0 Å². The second-order valence-corrected chi connectivity index (χ2v) is 6.45. The summed E-state index contributed by atoms with van der Waals surface area (Å²) in [6.07, 6.45) is 0. The SMILES string of the molecule is CCN(C(C)COC)S(=O)(=O)c1ccc(CCl)cc1. The molecule has 0 bridgehead atoms. The maximum absolute atomic E-state index is 12.5. The molecular formula is C13H20ClNO3S. The molecule has 0 aliphatic heterocycles. The summed E-state index contributed by atoms with van der Waals surface area (Å²) in [5, 5.41) is 0. The molecule has 0 saturated heterocycles. The Morgan fingerprint density at radius 1 is 1.32 bits per heavy atom. The number of likely N-dealkylation sites (N-methyl/N-ethyl adjacent to an activating group) is 1. The predicted molar refractivity (Wildman–Crippen MR) is 76.9 cm³/mol. The normalized spacial score (nSPS) is 13.7. The monoisotopic (exact) mass is 305 g/mol. The van der Waals surface area contributed by atoms with E-state index in [-0.39, 0.29) is 10.9 Å². The van der Waals surface area contributed by atoms with Crippen molar-refractivity contribution < 1.29 is 13.2 Å². The lowest BCUT2D eigenvalue weighted by Gasteiger charge is -2.26. The molecule has 0 fully saturated rings. The van der Waals surface area contributed by atoms with E-state index in [2.05, 4.69) is 0 Å². The molecule has 0 radical (unpaired) electrons. The Morgan fingerprint density at radius 3 is 2.32 bits per heavy atom. The fourth-order valence-corrected chi connectivity index (χ4v) is 3.73. The number of benzene rings is 1. The van der Waals surface area contributed by atoms with Crippen molar-refractivity contribution >= 4 is 21.6 Å². The van der Waals surface area contributed by atoms with Gasteiger partial charge in [0.15, 0.2) is 0 Å². The Kier molecular flexibility index (Phi) is 6.26. The zero-order valence-corrected chi connectivity index (χ0v) is 13.0. The Bertz CT molecular complexity index is 487. The van der Waals surface area contributed by atoms with E-state index in [1.807, 2.05) is 13.8 Å². The van der Waals surface area contributed by atoms with Gasteiger partial charge in [-0.25, -0.2) is 8.42 Å². The Balaban J connectivity index is 3.05. The van der Waals surface area contributed by atoms with Gasteiger partial charge in [-0.1, -0.05) is 19.1 Å². The quantitative estimate of drug-likeness (QED) is 0.727. The predicted octanol–water partition coefficient (Wildman–Crippen LogP) is 2.47. The van der Waals surface area contributed by atoms with Crippen molar-refractivity contribution in [3.05, 3.63) is 29.8 Å². The zero-order chi connectivity index (χ0) is 14.5. The highest BCUT2D eigenvalue weighted by Crippen LogP contribution is 2.19. The maximum atomic E-state index is 12.5. The second kappa shape index (κ2) is 7.24. The average Bonchev–Trinajstić information content (AvgIpc) is 2.39. The number of methoxy groups -OCH3 is 1. The van der Waals surface area contributed by atoms with Crippen LogP contribution in [0.1, 0.15) is 19.4 Å². The molecular weight excluding hydrogens is 286 g/mol. The Morgan fingerprint density at radius 2 is 1.89 bits per heavy atom. The van der Waals surface area contributed by atoms with E-state index in [0.717, 1.165) is 5.56 Å². The van der Waals surface area contributed by atoms with Crippen molar-refractivity contribution in [2.45, 2.75) is 30.7 Å². The van der Waals surface area contributed by atoms with Crippen molar-refractivity contribution in [1.29, 1.82) is 0 Å². The number of nitrogens with zero attached hydrogens (tertiary/aromatic N) is 1. The molecule has 0 heterocycles. The lowest BCUT2D eigenvalue weighted by molar-refractivity contribution is 0.142. The summed E-state index contributed by atoms with van der Waals surface area (Å²) in [5.41, 5.74) is 0.897. The fraction of sp³-hybridized carbons (Fsp3) is 0.538. The van der Waals surface area contributed by atoms with Crippen LogP contribution in [0, 0.1) is 0 Å². The van der Waals surface area contributed by atoms with Crippen LogP contribution in [0.5, 0.6) is 0 Å². The number of halogens is 1. The van der Waals surface area contributed by atoms with Crippen molar-refractivity contribution in [2.75, 3.05) is 20.3 Å². The zero-order valence-electron chi connectivity index (χ0n) is 11.5. The molecule has 0 aliphatic rings. The van der Waals surface area contributed by atoms with E-state index in [9.17, 15) is 8.42 Å². The Hall–Kier alpha value is -0.620. The molecule has 1 rings (SSSR count). The third-order valence-electron chi connectivity index (χ3n) is 2.90. The molecule has 0 amide bonds. The summed E-state index contributed by atoms with van der Waals surface area (Å²) in [5.74, 6) is 0.373. The van der Waals surface area contributed by atoms with E-state index in [1.165, 1.54) is 4.31 Å². The van der Waals surface area contributed by atoms with Gasteiger partial charge >= 0.3 is 0 Å². The number of sulfonamides is 1. The van der Waals surface area contributed by atoms with Crippen LogP contribution in [-0.2, 0) is 20.6 Å². The first-order chi connectivity index (χ1) is 8.97. The minimum Gasteiger partial charge on any atom is -0.383 e. The van der Waals surface area contributed by atoms with Gasteiger partial charge in [0, 0.05) is 25.6 Å². The first kappa shape index (κ1) is 16.4. The van der Waals surface area contributed by atoms with Crippen LogP contribution < -0.4 is 0 Å². The first-order valence-electron chi connectivity index (χ1n) is 6.13. The molecule has 108 valence electrons. The third-order valence-corrected chi connectivity index (χ3v) is 5.31. The molecule has 4 nitrogen and oxygen atoms in total. The van der Waals surface area contributed by atoms with E-state index < -0.39 is 10.0 Å². The van der Waals surface area contributed by atoms with Crippen LogP contribution in [0.2, 0.25) is 0 Å². The van der Waals surface area contributed by atoms with Gasteiger partial charge in [0.05, 0.1) is 11.5 Å². The smallest absolute Gasteiger partial charge is 0.243 e. The maximum Gasteiger partial charge on any atom is 0.243 e. The van der Waals surface area contributed by atoms with Crippen LogP contribution in [0.15, 0.2) is 29.2 Å². The fourth-order valence-electron chi connectivity index (χ4n) is 1.93. The topological polar surface area (TPSA) is 46.6 Å². The first-order valence-corrected chi connectivity index (χ1v) is 8.10. The molecule has 6 heteroatoms. The number of rotatable bonds is 7. The average molecular weight is 306 g/mol. The van der Waals surface area contributed by atoms with Crippen molar-refractivity contribution in [3.63, 3.8) is 0 Å². The number of alkyl halides is 1. The molecule has 0 N–H and O–H groups in total. The summed E-state index contributed by atoms with van der Waals surface area (Å²) < 4.78 is 31.5. The Labute approximate surface area is 120 Å². The molecule has 0 aromatic heterocycles. The molecule has 0 saturated carbocycles. The van der Waals surface area contributed by atoms with Crippen molar-refractivity contribution in [3.8, 4) is 0 Å². The number of hydrogen-bond acceptors (Lipinski definition) is 3. The lowest BCUT2D eigenvalue weighted by atomic mass is 10.2. The van der Waals surface area contributed by atoms with Crippen molar-refractivity contribution in [2.24, 2.45) is 0 Å². The highest BCUT2D eigenvalue weighted by Gasteiger charge is 2.27. The van der Waals surface area contributed by atoms with Crippen LogP contribution >= 0.6 is 11.6 Å². The van der Waals surface area contributed by atoms with Crippen LogP contribution in [-0.4, -0.2) is 39.0 Å². The molecule has 0 aliphatic carbocycles. The number of ether oxygens (including phenoxy) is 1. The van der Waals surface area contributed by atoms with Gasteiger partial charge in [0.1, 0.15) is 0 Å². The van der Waals surface area contributed by atoms with E-state index in [1.54, 1.807) is 31.4 Å². The van der Waals surface area contributed by atoms with Crippen LogP contribution in [0.25, 0.3) is 0 Å². The second-order valence-electron chi connectivity index (χ2n) is 4.29. The van der Waals surface area contributed by atoms with Gasteiger partial charge in [-0.05, 0) is 24.6 Å². The number of hydrogen-bond donors (Lipinski definition) is 0. The van der Waals surface area contributed by atoms with Crippen molar-refractivity contribution in [1.82, 2.24) is 4.31 Å². The van der Waals surface area contributed by atoms with Gasteiger partial charge in [-0.15, -0.1) is 11.6 Å². The third kappa shape index (κ3) is 3.92. The van der Waals surface area contributed by atoms with Gasteiger partial charge in [-0.2, -0.15) is 4.31 Å². The van der Waals surface area contributed by atoms with E-state index in [0.29, 0.717) is 19.0 Å². The van der Waals surface area contributed by atoms with E-state index >= 15 is 0 Å². The molecule has 0 spiro atoms. The minimum atomic E-state index is -3.49. The van der Waals surface area contributed by atoms with Gasteiger partial charge in [0.25, 0.3) is 0 Å². The minimum absolute atomic E-state index is 0.201. The molecule has 1 unspecified atom stereocenters. The van der Waals surface area contributed by atoms with Gasteiger partial charge in [0.2, 0.25) is 10.0 Å². The molecule has 1 aromatic carbocycles. The summed E-state index contributed by atoms with van der Waals surface area (Å²) in [7, 11) is -1.93. The summed E-state index contributed by atoms with van der Waals surface area (Å²) in [4.78, 5) is 0.283. The van der Waals surface area contributed by atoms with E-state index in [4.69, 9.17) is 16.3 Å². The molecule has 1 aromatic rings. The highest BCUT2D eigenvalue weighted by molar-refractivity contribution is 7.89. The van der Waals surface area contributed by atoms with Crippen LogP contribution in [0.4, 0.5) is 0 Å². The standard InChI is InChI=1S/C13H20ClNO3S/c1-4-15(11(2)10-18-3)19(16,17)13-7-5-12(9-14)6-8-13/h5-8,11H,4,9-10H2,1-3H3. The van der Waals surface area contributed by atoms with Gasteiger partial charge < -0.3 is 4.74 Å². The summed E-state index contributed by atoms with van der Waals surface area (Å²) in [6.45, 7) is 4.42. The van der Waals surface area contributed by atoms with Gasteiger partial charge in [-0.3, -0.25) is 0 Å². The highest BCUT2D eigenvalue weighted by atomic mass is 35.5. The molecule has 1 atom stereocenters. The lowest BCUT2D eigenvalue weighted by Crippen LogP contribution is -2.40. The largest absolute Gasteiger partial charge is 0.383 e. The molecule has 19 heavy (non-hydrogen) atoms. The summed E-state index contributed by atoms with van der Waals surface area (Å²) in [6, 6.07) is 6.45.